The quantitative estimate of drug-likeness (QED) is 0.602. The lowest BCUT2D eigenvalue weighted by atomic mass is 10.0. The van der Waals surface area contributed by atoms with Crippen LogP contribution in [0.15, 0.2) is 0 Å². The van der Waals surface area contributed by atoms with Gasteiger partial charge in [0.1, 0.15) is 0 Å². The number of hydrogen-bond donors (Lipinski definition) is 1. The van der Waals surface area contributed by atoms with Gasteiger partial charge in [0, 0.05) is 25.8 Å². The zero-order valence-corrected chi connectivity index (χ0v) is 10.9. The minimum Gasteiger partial charge on any atom is -0.352 e. The highest BCUT2D eigenvalue weighted by Crippen LogP contribution is 2.06. The largest absolute Gasteiger partial charge is 0.352 e. The van der Waals surface area contributed by atoms with Crippen molar-refractivity contribution < 1.29 is 9.47 Å². The molecular formula is C12H27NO2. The molecule has 0 rings (SSSR count). The van der Waals surface area contributed by atoms with E-state index in [1.54, 1.807) is 0 Å². The Kier molecular flexibility index (Phi) is 9.06. The molecule has 0 aliphatic rings. The van der Waals surface area contributed by atoms with E-state index in [1.165, 1.54) is 6.42 Å². The summed E-state index contributed by atoms with van der Waals surface area (Å²) < 4.78 is 10.9. The fourth-order valence-corrected chi connectivity index (χ4v) is 1.37. The topological polar surface area (TPSA) is 30.5 Å². The maximum absolute atomic E-state index is 5.46. The lowest BCUT2D eigenvalue weighted by molar-refractivity contribution is -0.134. The van der Waals surface area contributed by atoms with Gasteiger partial charge in [0.2, 0.25) is 0 Å². The van der Waals surface area contributed by atoms with Crippen LogP contribution in [0.4, 0.5) is 0 Å². The Morgan fingerprint density at radius 1 is 1.00 bits per heavy atom. The fourth-order valence-electron chi connectivity index (χ4n) is 1.37. The van der Waals surface area contributed by atoms with Crippen LogP contribution in [0.25, 0.3) is 0 Å². The van der Waals surface area contributed by atoms with Crippen molar-refractivity contribution in [2.24, 2.45) is 5.92 Å². The summed E-state index contributed by atoms with van der Waals surface area (Å²) in [6, 6.07) is 0.512. The molecule has 0 heterocycles. The van der Waals surface area contributed by atoms with Crippen molar-refractivity contribution >= 4 is 0 Å². The maximum atomic E-state index is 5.46. The van der Waals surface area contributed by atoms with Crippen LogP contribution >= 0.6 is 0 Å². The zero-order valence-electron chi connectivity index (χ0n) is 10.9. The van der Waals surface area contributed by atoms with E-state index in [2.05, 4.69) is 26.1 Å². The van der Waals surface area contributed by atoms with E-state index in [0.717, 1.165) is 6.54 Å². The molecule has 0 unspecified atom stereocenters. The van der Waals surface area contributed by atoms with Gasteiger partial charge in [-0.1, -0.05) is 20.3 Å². The summed E-state index contributed by atoms with van der Waals surface area (Å²) in [5, 5.41) is 3.45. The van der Waals surface area contributed by atoms with Crippen molar-refractivity contribution in [3.05, 3.63) is 0 Å². The van der Waals surface area contributed by atoms with Crippen LogP contribution < -0.4 is 5.32 Å². The Bertz CT molecular complexity index is 136. The van der Waals surface area contributed by atoms with E-state index in [0.29, 0.717) is 25.2 Å². The van der Waals surface area contributed by atoms with Gasteiger partial charge in [-0.3, -0.25) is 0 Å². The highest BCUT2D eigenvalue weighted by atomic mass is 16.7. The number of rotatable bonds is 9. The Morgan fingerprint density at radius 3 is 1.93 bits per heavy atom. The molecular weight excluding hydrogens is 190 g/mol. The van der Waals surface area contributed by atoms with Crippen LogP contribution in [-0.4, -0.2) is 32.1 Å². The molecule has 0 saturated carbocycles. The monoisotopic (exact) mass is 217 g/mol. The first-order chi connectivity index (χ1) is 7.15. The molecule has 92 valence electrons. The van der Waals surface area contributed by atoms with Crippen LogP contribution in [0.1, 0.15) is 41.0 Å². The van der Waals surface area contributed by atoms with Crippen molar-refractivity contribution in [2.75, 3.05) is 19.8 Å². The first kappa shape index (κ1) is 14.9. The minimum absolute atomic E-state index is 0.105. The molecule has 0 aromatic heterocycles. The summed E-state index contributed by atoms with van der Waals surface area (Å²) in [5.74, 6) is 0.689. The molecule has 0 amide bonds. The third-order valence-electron chi connectivity index (χ3n) is 2.81. The molecule has 0 fully saturated rings. The molecule has 3 nitrogen and oxygen atoms in total. The van der Waals surface area contributed by atoms with E-state index < -0.39 is 0 Å². The predicted octanol–water partition coefficient (Wildman–Crippen LogP) is 2.41. The highest BCUT2D eigenvalue weighted by Gasteiger charge is 2.13. The third kappa shape index (κ3) is 6.88. The Hall–Kier alpha value is -0.120. The van der Waals surface area contributed by atoms with E-state index in [9.17, 15) is 0 Å². The summed E-state index contributed by atoms with van der Waals surface area (Å²) in [6.07, 6.45) is 1.09. The molecule has 0 bridgehead atoms. The van der Waals surface area contributed by atoms with Gasteiger partial charge in [-0.05, 0) is 26.7 Å². The summed E-state index contributed by atoms with van der Waals surface area (Å²) in [7, 11) is 0. The van der Waals surface area contributed by atoms with E-state index in [4.69, 9.17) is 9.47 Å². The van der Waals surface area contributed by atoms with Crippen LogP contribution in [0.2, 0.25) is 0 Å². The van der Waals surface area contributed by atoms with Crippen LogP contribution in [0.3, 0.4) is 0 Å². The number of ether oxygens (including phenoxy) is 2. The molecule has 0 aromatic carbocycles. The van der Waals surface area contributed by atoms with E-state index in [-0.39, 0.29) is 6.29 Å². The second kappa shape index (κ2) is 9.13. The molecule has 0 radical (unpaired) electrons. The van der Waals surface area contributed by atoms with Gasteiger partial charge in [0.05, 0.1) is 0 Å². The molecule has 2 atom stereocenters. The molecule has 0 saturated heterocycles. The smallest absolute Gasteiger partial charge is 0.169 e. The van der Waals surface area contributed by atoms with Gasteiger partial charge in [-0.2, -0.15) is 0 Å². The van der Waals surface area contributed by atoms with Gasteiger partial charge in [-0.15, -0.1) is 0 Å². The second-order valence-electron chi connectivity index (χ2n) is 3.92. The number of hydrogen-bond acceptors (Lipinski definition) is 3. The summed E-state index contributed by atoms with van der Waals surface area (Å²) in [4.78, 5) is 0. The molecule has 1 N–H and O–H groups in total. The lowest BCUT2D eigenvalue weighted by Gasteiger charge is -2.23. The second-order valence-corrected chi connectivity index (χ2v) is 3.92. The molecule has 3 heteroatoms. The Balaban J connectivity index is 3.76. The van der Waals surface area contributed by atoms with Crippen molar-refractivity contribution in [2.45, 2.75) is 53.4 Å². The molecule has 15 heavy (non-hydrogen) atoms. The van der Waals surface area contributed by atoms with Crippen LogP contribution in [0, 0.1) is 5.92 Å². The Labute approximate surface area is 94.5 Å². The highest BCUT2D eigenvalue weighted by molar-refractivity contribution is 4.67. The first-order valence-corrected chi connectivity index (χ1v) is 6.12. The van der Waals surface area contributed by atoms with Crippen LogP contribution in [0.5, 0.6) is 0 Å². The van der Waals surface area contributed by atoms with E-state index in [1.807, 2.05) is 13.8 Å². The van der Waals surface area contributed by atoms with Crippen molar-refractivity contribution in [1.29, 1.82) is 0 Å². The summed E-state index contributed by atoms with van der Waals surface area (Å²) >= 11 is 0. The predicted molar refractivity (Wildman–Crippen MR) is 64.0 cm³/mol. The van der Waals surface area contributed by atoms with Crippen molar-refractivity contribution in [3.63, 3.8) is 0 Å². The standard InChI is InChI=1S/C12H27NO2/c1-6-10(4)11(5)13-9-12(14-7-2)15-8-3/h10-13H,6-9H2,1-5H3/t10-,11+/m1/s1. The van der Waals surface area contributed by atoms with Gasteiger partial charge in [-0.25, -0.2) is 0 Å². The van der Waals surface area contributed by atoms with Crippen LogP contribution in [-0.2, 0) is 9.47 Å². The molecule has 0 aliphatic carbocycles. The van der Waals surface area contributed by atoms with Gasteiger partial charge < -0.3 is 14.8 Å². The molecule has 0 spiro atoms. The third-order valence-corrected chi connectivity index (χ3v) is 2.81. The zero-order chi connectivity index (χ0) is 11.7. The van der Waals surface area contributed by atoms with Gasteiger partial charge in [0.25, 0.3) is 0 Å². The summed E-state index contributed by atoms with van der Waals surface area (Å²) in [5.41, 5.74) is 0. The maximum Gasteiger partial charge on any atom is 0.169 e. The molecule has 0 aliphatic heterocycles. The first-order valence-electron chi connectivity index (χ1n) is 6.12. The summed E-state index contributed by atoms with van der Waals surface area (Å²) in [6.45, 7) is 12.8. The van der Waals surface area contributed by atoms with Crippen molar-refractivity contribution in [3.8, 4) is 0 Å². The Morgan fingerprint density at radius 2 is 1.53 bits per heavy atom. The van der Waals surface area contributed by atoms with E-state index >= 15 is 0 Å². The van der Waals surface area contributed by atoms with Gasteiger partial charge >= 0.3 is 0 Å². The average Bonchev–Trinajstić information content (AvgIpc) is 2.25. The minimum atomic E-state index is -0.105. The molecule has 0 aromatic rings. The SMILES string of the molecule is CCOC(CN[C@@H](C)[C@H](C)CC)OCC. The lowest BCUT2D eigenvalue weighted by Crippen LogP contribution is -2.39. The number of nitrogens with one attached hydrogen (secondary N) is 1. The fraction of sp³-hybridized carbons (Fsp3) is 1.00. The van der Waals surface area contributed by atoms with Gasteiger partial charge in [0.15, 0.2) is 6.29 Å². The van der Waals surface area contributed by atoms with Crippen molar-refractivity contribution in [1.82, 2.24) is 5.32 Å². The average molecular weight is 217 g/mol. The normalized spacial score (nSPS) is 15.6.